The zero-order valence-electron chi connectivity index (χ0n) is 17.4. The number of benzene rings is 1. The van der Waals surface area contributed by atoms with Gasteiger partial charge in [0.1, 0.15) is 10.8 Å². The summed E-state index contributed by atoms with van der Waals surface area (Å²) >= 11 is 1.46. The molecule has 0 bridgehead atoms. The number of hydrogen-bond acceptors (Lipinski definition) is 6. The maximum atomic E-state index is 12.8. The van der Waals surface area contributed by atoms with Crippen molar-refractivity contribution in [2.24, 2.45) is 5.92 Å². The predicted molar refractivity (Wildman–Crippen MR) is 118 cm³/mol. The highest BCUT2D eigenvalue weighted by molar-refractivity contribution is 7.98. The second kappa shape index (κ2) is 9.80. The van der Waals surface area contributed by atoms with E-state index in [0.717, 1.165) is 23.4 Å². The average Bonchev–Trinajstić information content (AvgIpc) is 2.77. The van der Waals surface area contributed by atoms with E-state index in [2.05, 4.69) is 9.71 Å². The Morgan fingerprint density at radius 3 is 2.67 bits per heavy atom. The minimum Gasteiger partial charge on any atom is -0.496 e. The summed E-state index contributed by atoms with van der Waals surface area (Å²) in [5, 5.41) is 0.729. The van der Waals surface area contributed by atoms with Crippen molar-refractivity contribution in [3.8, 4) is 5.75 Å². The minimum atomic E-state index is -3.59. The zero-order chi connectivity index (χ0) is 21.7. The molecule has 0 spiro atoms. The van der Waals surface area contributed by atoms with Crippen LogP contribution in [-0.4, -0.2) is 57.2 Å². The van der Waals surface area contributed by atoms with Gasteiger partial charge < -0.3 is 9.64 Å². The number of rotatable bonds is 7. The van der Waals surface area contributed by atoms with Crippen molar-refractivity contribution in [2.75, 3.05) is 33.0 Å². The van der Waals surface area contributed by atoms with Gasteiger partial charge in [-0.05, 0) is 67.8 Å². The van der Waals surface area contributed by atoms with E-state index < -0.39 is 10.0 Å². The van der Waals surface area contributed by atoms with Gasteiger partial charge in [-0.3, -0.25) is 4.79 Å². The van der Waals surface area contributed by atoms with Crippen LogP contribution in [0.25, 0.3) is 0 Å². The van der Waals surface area contributed by atoms with Gasteiger partial charge in [0.15, 0.2) is 0 Å². The van der Waals surface area contributed by atoms with Crippen molar-refractivity contribution in [3.63, 3.8) is 0 Å². The number of likely N-dealkylation sites (tertiary alicyclic amines) is 1. The second-order valence-electron chi connectivity index (χ2n) is 7.28. The number of nitrogens with one attached hydrogen (secondary N) is 1. The molecule has 1 aromatic heterocycles. The molecule has 9 heteroatoms. The molecule has 162 valence electrons. The third-order valence-electron chi connectivity index (χ3n) is 5.34. The van der Waals surface area contributed by atoms with Crippen LogP contribution in [0.1, 0.15) is 28.8 Å². The van der Waals surface area contributed by atoms with Crippen LogP contribution in [0.2, 0.25) is 0 Å². The molecule has 1 amide bonds. The summed E-state index contributed by atoms with van der Waals surface area (Å²) < 4.78 is 33.2. The average molecular weight is 450 g/mol. The summed E-state index contributed by atoms with van der Waals surface area (Å²) in [7, 11) is -2.03. The molecule has 0 aliphatic carbocycles. The van der Waals surface area contributed by atoms with E-state index in [4.69, 9.17) is 4.74 Å². The number of pyridine rings is 1. The first-order valence-electron chi connectivity index (χ1n) is 9.78. The molecular weight excluding hydrogens is 422 g/mol. The molecule has 0 radical (unpaired) electrons. The van der Waals surface area contributed by atoms with E-state index >= 15 is 0 Å². The van der Waals surface area contributed by atoms with Gasteiger partial charge in [0.25, 0.3) is 5.91 Å². The number of carbonyl (C=O) groups excluding carboxylic acids is 1. The van der Waals surface area contributed by atoms with Crippen LogP contribution in [0.3, 0.4) is 0 Å². The van der Waals surface area contributed by atoms with E-state index in [1.165, 1.54) is 11.8 Å². The fourth-order valence-electron chi connectivity index (χ4n) is 3.56. The SMILES string of the molecule is COc1ccc(S(=O)(=O)NCC2CCN(C(=O)c3cccnc3SC)CC2)cc1C. The van der Waals surface area contributed by atoms with Crippen molar-refractivity contribution < 1.29 is 17.9 Å². The highest BCUT2D eigenvalue weighted by atomic mass is 32.2. The summed E-state index contributed by atoms with van der Waals surface area (Å²) in [5.74, 6) is 0.835. The number of aryl methyl sites for hydroxylation is 1. The second-order valence-corrected chi connectivity index (χ2v) is 9.84. The number of nitrogens with zero attached hydrogens (tertiary/aromatic N) is 2. The van der Waals surface area contributed by atoms with Crippen molar-refractivity contribution in [1.29, 1.82) is 0 Å². The van der Waals surface area contributed by atoms with Gasteiger partial charge in [0.2, 0.25) is 10.0 Å². The fraction of sp³-hybridized carbons (Fsp3) is 0.429. The van der Waals surface area contributed by atoms with Gasteiger partial charge in [0, 0.05) is 25.8 Å². The van der Waals surface area contributed by atoms with E-state index in [1.54, 1.807) is 43.6 Å². The third-order valence-corrected chi connectivity index (χ3v) is 7.47. The quantitative estimate of drug-likeness (QED) is 0.654. The number of amides is 1. The van der Waals surface area contributed by atoms with Crippen LogP contribution in [0.4, 0.5) is 0 Å². The van der Waals surface area contributed by atoms with Gasteiger partial charge in [0.05, 0.1) is 17.6 Å². The molecule has 3 rings (SSSR count). The summed E-state index contributed by atoms with van der Waals surface area (Å²) in [6, 6.07) is 8.40. The number of hydrogen-bond donors (Lipinski definition) is 1. The monoisotopic (exact) mass is 449 g/mol. The molecule has 1 saturated heterocycles. The Morgan fingerprint density at radius 1 is 1.30 bits per heavy atom. The topological polar surface area (TPSA) is 88.6 Å². The van der Waals surface area contributed by atoms with Crippen LogP contribution in [0, 0.1) is 12.8 Å². The Balaban J connectivity index is 1.56. The maximum absolute atomic E-state index is 12.8. The Labute approximate surface area is 182 Å². The molecule has 7 nitrogen and oxygen atoms in total. The number of piperidine rings is 1. The van der Waals surface area contributed by atoms with E-state index in [9.17, 15) is 13.2 Å². The Morgan fingerprint density at radius 2 is 2.03 bits per heavy atom. The van der Waals surface area contributed by atoms with Gasteiger partial charge in [-0.15, -0.1) is 11.8 Å². The Kier molecular flexibility index (Phi) is 7.38. The number of carbonyl (C=O) groups is 1. The first kappa shape index (κ1) is 22.6. The first-order valence-corrected chi connectivity index (χ1v) is 12.5. The molecule has 1 N–H and O–H groups in total. The molecule has 0 saturated carbocycles. The van der Waals surface area contributed by atoms with Crippen LogP contribution in [-0.2, 0) is 10.0 Å². The van der Waals surface area contributed by atoms with E-state index in [0.29, 0.717) is 30.9 Å². The van der Waals surface area contributed by atoms with Crippen LogP contribution >= 0.6 is 11.8 Å². The molecule has 1 aromatic carbocycles. The van der Waals surface area contributed by atoms with Crippen LogP contribution in [0.5, 0.6) is 5.75 Å². The fourth-order valence-corrected chi connectivity index (χ4v) is 5.30. The zero-order valence-corrected chi connectivity index (χ0v) is 19.1. The van der Waals surface area contributed by atoms with E-state index in [1.807, 2.05) is 18.1 Å². The summed E-state index contributed by atoms with van der Waals surface area (Å²) in [6.07, 6.45) is 5.10. The lowest BCUT2D eigenvalue weighted by Crippen LogP contribution is -2.41. The van der Waals surface area contributed by atoms with Crippen molar-refractivity contribution in [1.82, 2.24) is 14.6 Å². The van der Waals surface area contributed by atoms with Crippen LogP contribution < -0.4 is 9.46 Å². The molecule has 30 heavy (non-hydrogen) atoms. The molecule has 1 aliphatic rings. The normalized spacial score (nSPS) is 15.2. The lowest BCUT2D eigenvalue weighted by Gasteiger charge is -2.32. The molecule has 0 unspecified atom stereocenters. The van der Waals surface area contributed by atoms with Gasteiger partial charge in [-0.25, -0.2) is 18.1 Å². The predicted octanol–water partition coefficient (Wildman–Crippen LogP) is 2.95. The lowest BCUT2D eigenvalue weighted by molar-refractivity contribution is 0.0687. The van der Waals surface area contributed by atoms with Crippen LogP contribution in [0.15, 0.2) is 46.5 Å². The highest BCUT2D eigenvalue weighted by Gasteiger charge is 2.26. The first-order chi connectivity index (χ1) is 14.4. The molecule has 0 atom stereocenters. The van der Waals surface area contributed by atoms with Gasteiger partial charge in [-0.2, -0.15) is 0 Å². The van der Waals surface area contributed by atoms with Crippen molar-refractivity contribution in [2.45, 2.75) is 29.7 Å². The highest BCUT2D eigenvalue weighted by Crippen LogP contribution is 2.24. The maximum Gasteiger partial charge on any atom is 0.256 e. The summed E-state index contributed by atoms with van der Waals surface area (Å²) in [4.78, 5) is 19.1. The minimum absolute atomic E-state index is 0.0137. The third kappa shape index (κ3) is 5.14. The largest absolute Gasteiger partial charge is 0.496 e. The number of sulfonamides is 1. The number of thioether (sulfide) groups is 1. The lowest BCUT2D eigenvalue weighted by atomic mass is 9.97. The molecular formula is C21H27N3O4S2. The Hall–Kier alpha value is -2.10. The summed E-state index contributed by atoms with van der Waals surface area (Å²) in [5.41, 5.74) is 1.39. The smallest absolute Gasteiger partial charge is 0.256 e. The van der Waals surface area contributed by atoms with E-state index in [-0.39, 0.29) is 16.7 Å². The molecule has 2 heterocycles. The molecule has 1 fully saturated rings. The number of ether oxygens (including phenoxy) is 1. The van der Waals surface area contributed by atoms with Gasteiger partial charge in [-0.1, -0.05) is 0 Å². The molecule has 2 aromatic rings. The Bertz CT molecular complexity index is 1000. The molecule has 1 aliphatic heterocycles. The number of methoxy groups -OCH3 is 1. The number of aromatic nitrogens is 1. The van der Waals surface area contributed by atoms with Crippen molar-refractivity contribution in [3.05, 3.63) is 47.7 Å². The van der Waals surface area contributed by atoms with Crippen molar-refractivity contribution >= 4 is 27.7 Å². The standard InChI is InChI=1S/C21H27N3O4S2/c1-15-13-17(6-7-19(15)28-2)30(26,27)23-14-16-8-11-24(12-9-16)21(25)18-5-4-10-22-20(18)29-3/h4-7,10,13,16,23H,8-9,11-12,14H2,1-3H3. The summed E-state index contributed by atoms with van der Waals surface area (Å²) in [6.45, 7) is 3.39. The van der Waals surface area contributed by atoms with Gasteiger partial charge >= 0.3 is 0 Å².